The van der Waals surface area contributed by atoms with E-state index >= 15 is 0 Å². The van der Waals surface area contributed by atoms with E-state index in [2.05, 4.69) is 13.8 Å². The van der Waals surface area contributed by atoms with E-state index in [1.165, 1.54) is 53.0 Å². The second kappa shape index (κ2) is 24.5. The summed E-state index contributed by atoms with van der Waals surface area (Å²) in [6.45, 7) is 36.7. The number of benzene rings is 7. The van der Waals surface area contributed by atoms with Crippen LogP contribution < -0.4 is 36.4 Å². The zero-order valence-corrected chi connectivity index (χ0v) is 61.0. The fraction of sp³-hybridized carbons (Fsp3) is 0.333. The first-order valence-electron chi connectivity index (χ1n) is 33.4. The molecule has 0 N–H and O–H groups in total. The number of fused-ring (bicyclic) bond motifs is 6. The van der Waals surface area contributed by atoms with Crippen LogP contribution >= 0.6 is 0 Å². The Morgan fingerprint density at radius 1 is 0.216 bits per heavy atom. The van der Waals surface area contributed by atoms with E-state index in [0.717, 1.165) is 11.1 Å². The van der Waals surface area contributed by atoms with Crippen LogP contribution in [0.5, 0.6) is 34.5 Å². The van der Waals surface area contributed by atoms with Crippen LogP contribution in [0.1, 0.15) is 232 Å². The van der Waals surface area contributed by atoms with Crippen LogP contribution in [0.15, 0.2) is 153 Å². The quantitative estimate of drug-likeness (QED) is 0.128. The summed E-state index contributed by atoms with van der Waals surface area (Å²) in [5, 5.41) is 0.743. The van der Waals surface area contributed by atoms with Crippen LogP contribution in [0.25, 0.3) is 21.5 Å². The van der Waals surface area contributed by atoms with E-state index in [1.807, 2.05) is 90.1 Å². The minimum atomic E-state index is -0.677. The number of carbonyl (C=O) groups excluding carboxylic acids is 8. The van der Waals surface area contributed by atoms with Crippen LogP contribution in [0.2, 0.25) is 0 Å². The van der Waals surface area contributed by atoms with Gasteiger partial charge in [0.05, 0.1) is 66.1 Å². The molecule has 9 aromatic rings. The molecule has 7 aromatic carbocycles. The SMILES string of the molecule is CC(C)(C)N1C(=O)c2ccc(Oc3ccc4c(c3)C(=O)N(C(C)(C)C)C4=O)cc2C1=O.CC(C)(C)n1c(=O)c2cc3c(=O)n(C(C)(C)C)c(=O)c3cc2c1=O.CC(C)(c1ccc(Oc2ccc3c(c2)C(=O)N(C(C)(C)C)C3=O)cc1)c1ccc(Oc2ccc3c(c2)C(=O)N(C(C)(C)C)C3=O)cc1. The molecule has 0 fully saturated rings. The molecule has 0 atom stereocenters. The maximum absolute atomic E-state index is 13.0. The fourth-order valence-electron chi connectivity index (χ4n) is 13.2. The number of hydrogen-bond donors (Lipinski definition) is 0. The topological polar surface area (TPSA) is 255 Å². The minimum Gasteiger partial charge on any atom is -0.457 e. The maximum Gasteiger partial charge on any atom is 0.262 e. The summed E-state index contributed by atoms with van der Waals surface area (Å²) in [5.41, 5.74) is -1.10. The van der Waals surface area contributed by atoms with Crippen molar-refractivity contribution in [3.05, 3.63) is 231 Å². The van der Waals surface area contributed by atoms with Gasteiger partial charge >= 0.3 is 0 Å². The summed E-state index contributed by atoms with van der Waals surface area (Å²) in [5.74, 6) is 0.290. The van der Waals surface area contributed by atoms with Crippen LogP contribution in [-0.4, -0.2) is 98.1 Å². The third-order valence-corrected chi connectivity index (χ3v) is 18.2. The van der Waals surface area contributed by atoms with Gasteiger partial charge in [0.2, 0.25) is 0 Å². The number of amides is 8. The Bertz CT molecular complexity index is 4930. The Balaban J connectivity index is 0.000000164. The number of nitrogens with zero attached hydrogens (tertiary/aromatic N) is 6. The number of rotatable bonds is 8. The van der Waals surface area contributed by atoms with Crippen molar-refractivity contribution in [1.29, 1.82) is 0 Å². The summed E-state index contributed by atoms with van der Waals surface area (Å²) in [4.78, 5) is 158. The van der Waals surface area contributed by atoms with Gasteiger partial charge in [-0.2, -0.15) is 0 Å². The molecule has 102 heavy (non-hydrogen) atoms. The molecular weight excluding hydrogens is 1300 g/mol. The van der Waals surface area contributed by atoms with Gasteiger partial charge in [0.1, 0.15) is 34.5 Å². The Kier molecular flexibility index (Phi) is 17.3. The normalized spacial score (nSPS) is 14.9. The van der Waals surface area contributed by atoms with Gasteiger partial charge in [-0.25, -0.2) is 0 Å². The molecule has 526 valence electrons. The van der Waals surface area contributed by atoms with Gasteiger partial charge in [-0.3, -0.25) is 86.3 Å². The Labute approximate surface area is 589 Å². The van der Waals surface area contributed by atoms with Crippen molar-refractivity contribution in [2.45, 2.75) is 177 Å². The van der Waals surface area contributed by atoms with E-state index in [-0.39, 0.29) is 85.3 Å². The number of carbonyl (C=O) groups is 8. The number of ether oxygens (including phenoxy) is 3. The summed E-state index contributed by atoms with van der Waals surface area (Å²) < 4.78 is 20.4. The Hall–Kier alpha value is -11.2. The van der Waals surface area contributed by atoms with E-state index in [4.69, 9.17) is 14.2 Å². The van der Waals surface area contributed by atoms with Crippen LogP contribution in [-0.2, 0) is 16.5 Å². The molecule has 8 amide bonds. The predicted molar refractivity (Wildman–Crippen MR) is 387 cm³/mol. The van der Waals surface area contributed by atoms with Crippen molar-refractivity contribution >= 4 is 68.8 Å². The van der Waals surface area contributed by atoms with Gasteiger partial charge in [0.25, 0.3) is 69.5 Å². The highest BCUT2D eigenvalue weighted by Gasteiger charge is 2.46. The second-order valence-electron chi connectivity index (χ2n) is 32.5. The third kappa shape index (κ3) is 12.6. The van der Waals surface area contributed by atoms with Crippen molar-refractivity contribution < 1.29 is 52.6 Å². The van der Waals surface area contributed by atoms with E-state index in [0.29, 0.717) is 67.9 Å². The van der Waals surface area contributed by atoms with Crippen molar-refractivity contribution in [2.24, 2.45) is 0 Å². The van der Waals surface area contributed by atoms with Gasteiger partial charge < -0.3 is 14.2 Å². The molecular formula is C81H82N6O15. The van der Waals surface area contributed by atoms with Crippen molar-refractivity contribution in [3.63, 3.8) is 0 Å². The highest BCUT2D eigenvalue weighted by atomic mass is 16.5. The molecule has 0 bridgehead atoms. The lowest BCUT2D eigenvalue weighted by molar-refractivity contribution is 0.0489. The summed E-state index contributed by atoms with van der Waals surface area (Å²) >= 11 is 0. The standard InChI is InChI=1S/C39H38N2O6.C24H24N2O5.C18H20N2O4/c1-37(2,3)40-33(42)29-19-17-27(21-31(29)35(40)44)46-25-13-9-23(10-14-25)39(7,8)24-11-15-26(16-12-24)47-28-18-20-30-32(22-28)36(45)41(34(30)43)38(4,5)6;1-23(2,3)25-19(27)15-9-7-13(11-17(15)21(25)29)31-14-8-10-16-18(12-14)22(30)26(20(16)28)24(4,5)6;1-17(2,3)19-13(21)9-7-11-12(8-10(9)14(19)22)16(24)20(15(11)23)18(4,5)6/h9-22H,1-8H3;7-12H,1-6H3;7-8H,1-6H3. The Morgan fingerprint density at radius 3 is 0.598 bits per heavy atom. The molecule has 13 rings (SSSR count). The van der Waals surface area contributed by atoms with Crippen LogP contribution in [0, 0.1) is 0 Å². The average Bonchev–Trinajstić information content (AvgIpc) is 1.57. The van der Waals surface area contributed by atoms with Gasteiger partial charge in [-0.1, -0.05) is 38.1 Å². The zero-order valence-electron chi connectivity index (χ0n) is 61.0. The predicted octanol–water partition coefficient (Wildman–Crippen LogP) is 14.1. The average molecular weight is 1380 g/mol. The smallest absolute Gasteiger partial charge is 0.262 e. The van der Waals surface area contributed by atoms with Gasteiger partial charge in [-0.05, 0) is 245 Å². The molecule has 0 unspecified atom stereocenters. The lowest BCUT2D eigenvalue weighted by Crippen LogP contribution is -2.45. The van der Waals surface area contributed by atoms with Gasteiger partial charge in [0.15, 0.2) is 0 Å². The molecule has 0 aliphatic carbocycles. The molecule has 21 nitrogen and oxygen atoms in total. The molecule has 0 saturated heterocycles. The largest absolute Gasteiger partial charge is 0.457 e. The fourth-order valence-corrected chi connectivity index (χ4v) is 13.2. The number of imide groups is 4. The summed E-state index contributed by atoms with van der Waals surface area (Å²) in [6.07, 6.45) is 0. The van der Waals surface area contributed by atoms with E-state index < -0.39 is 55.5 Å². The molecule has 4 aliphatic rings. The highest BCUT2D eigenvalue weighted by molar-refractivity contribution is 6.24. The minimum absolute atomic E-state index is 0.186. The summed E-state index contributed by atoms with van der Waals surface area (Å²) in [7, 11) is 0. The number of hydrogen-bond acceptors (Lipinski definition) is 15. The highest BCUT2D eigenvalue weighted by Crippen LogP contribution is 2.40. The maximum atomic E-state index is 13.0. The van der Waals surface area contributed by atoms with Crippen molar-refractivity contribution in [1.82, 2.24) is 28.7 Å². The van der Waals surface area contributed by atoms with E-state index in [9.17, 15) is 57.5 Å². The van der Waals surface area contributed by atoms with Crippen molar-refractivity contribution in [2.75, 3.05) is 0 Å². The molecule has 2 aromatic heterocycles. The molecule has 4 aliphatic heterocycles. The summed E-state index contributed by atoms with van der Waals surface area (Å²) in [6, 6.07) is 37.7. The second-order valence-corrected chi connectivity index (χ2v) is 32.5. The molecule has 6 heterocycles. The van der Waals surface area contributed by atoms with E-state index in [1.54, 1.807) is 144 Å². The first-order valence-corrected chi connectivity index (χ1v) is 33.4. The Morgan fingerprint density at radius 2 is 0.402 bits per heavy atom. The first-order chi connectivity index (χ1) is 47.1. The zero-order chi connectivity index (χ0) is 75.1. The number of aromatic nitrogens is 2. The lowest BCUT2D eigenvalue weighted by Gasteiger charge is -2.29. The molecule has 0 spiro atoms. The monoisotopic (exact) mass is 1380 g/mol. The first kappa shape index (κ1) is 72.0. The van der Waals surface area contributed by atoms with Gasteiger partial charge in [-0.15, -0.1) is 0 Å². The van der Waals surface area contributed by atoms with Crippen molar-refractivity contribution in [3.8, 4) is 34.5 Å². The lowest BCUT2D eigenvalue weighted by atomic mass is 9.78. The molecule has 0 radical (unpaired) electrons. The molecule has 21 heteroatoms. The van der Waals surface area contributed by atoms with Crippen LogP contribution in [0.3, 0.4) is 0 Å². The van der Waals surface area contributed by atoms with Crippen LogP contribution in [0.4, 0.5) is 0 Å². The van der Waals surface area contributed by atoms with Gasteiger partial charge in [0, 0.05) is 38.6 Å². The third-order valence-electron chi connectivity index (χ3n) is 18.2. The molecule has 0 saturated carbocycles.